The van der Waals surface area contributed by atoms with E-state index >= 15 is 0 Å². The van der Waals surface area contributed by atoms with Gasteiger partial charge in [-0.3, -0.25) is 4.90 Å². The molecule has 2 aromatic rings. The summed E-state index contributed by atoms with van der Waals surface area (Å²) in [6.45, 7) is 8.26. The van der Waals surface area contributed by atoms with Crippen LogP contribution in [0.5, 0.6) is 0 Å². The molecule has 3 rings (SSSR count). The van der Waals surface area contributed by atoms with Gasteiger partial charge in [0.15, 0.2) is 11.6 Å². The van der Waals surface area contributed by atoms with Crippen LogP contribution in [0.3, 0.4) is 0 Å². The van der Waals surface area contributed by atoms with Crippen LogP contribution >= 0.6 is 0 Å². The third-order valence-electron chi connectivity index (χ3n) is 4.42. The zero-order valence-electron chi connectivity index (χ0n) is 13.6. The lowest BCUT2D eigenvalue weighted by Crippen LogP contribution is -2.36. The van der Waals surface area contributed by atoms with Gasteiger partial charge in [-0.05, 0) is 43.3 Å². The molecule has 8 heteroatoms. The predicted octanol–water partition coefficient (Wildman–Crippen LogP) is 1.66. The Bertz CT molecular complexity index is 612. The van der Waals surface area contributed by atoms with Crippen molar-refractivity contribution in [3.05, 3.63) is 17.5 Å². The number of rotatable bonds is 4. The molecule has 0 saturated carbocycles. The second-order valence-corrected chi connectivity index (χ2v) is 6.29. The highest BCUT2D eigenvalue weighted by Gasteiger charge is 2.29. The van der Waals surface area contributed by atoms with Gasteiger partial charge < -0.3 is 4.52 Å². The normalized spacial score (nSPS) is 19.0. The van der Waals surface area contributed by atoms with Crippen LogP contribution in [0.15, 0.2) is 4.52 Å². The van der Waals surface area contributed by atoms with Crippen molar-refractivity contribution in [3.8, 4) is 0 Å². The third kappa shape index (κ3) is 2.87. The molecule has 0 amide bonds. The minimum atomic E-state index is 0.220. The summed E-state index contributed by atoms with van der Waals surface area (Å²) in [5, 5.41) is 15.9. The lowest BCUT2D eigenvalue weighted by Gasteiger charge is -2.34. The van der Waals surface area contributed by atoms with Gasteiger partial charge in [-0.25, -0.2) is 4.68 Å². The third-order valence-corrected chi connectivity index (χ3v) is 4.42. The maximum atomic E-state index is 5.32. The Morgan fingerprint density at radius 1 is 1.18 bits per heavy atom. The summed E-state index contributed by atoms with van der Waals surface area (Å²) in [7, 11) is 1.88. The quantitative estimate of drug-likeness (QED) is 0.849. The molecular formula is C14H23N7O. The first-order valence-electron chi connectivity index (χ1n) is 7.86. The van der Waals surface area contributed by atoms with E-state index in [1.165, 1.54) is 0 Å². The van der Waals surface area contributed by atoms with E-state index in [2.05, 4.69) is 51.3 Å². The molecule has 0 N–H and O–H groups in total. The topological polar surface area (TPSA) is 85.8 Å². The lowest BCUT2D eigenvalue weighted by molar-refractivity contribution is 0.151. The first-order chi connectivity index (χ1) is 10.6. The lowest BCUT2D eigenvalue weighted by atomic mass is 9.95. The van der Waals surface area contributed by atoms with Crippen molar-refractivity contribution >= 4 is 0 Å². The van der Waals surface area contributed by atoms with Crippen molar-refractivity contribution < 1.29 is 4.52 Å². The van der Waals surface area contributed by atoms with Crippen molar-refractivity contribution in [1.29, 1.82) is 0 Å². The summed E-state index contributed by atoms with van der Waals surface area (Å²) in [5.41, 5.74) is 0. The van der Waals surface area contributed by atoms with Gasteiger partial charge in [-0.1, -0.05) is 19.0 Å². The summed E-state index contributed by atoms with van der Waals surface area (Å²) in [4.78, 5) is 6.94. The van der Waals surface area contributed by atoms with Gasteiger partial charge in [0.05, 0.1) is 6.04 Å². The zero-order chi connectivity index (χ0) is 15.7. The maximum absolute atomic E-state index is 5.32. The Balaban J connectivity index is 1.61. The van der Waals surface area contributed by atoms with Crippen LogP contribution in [-0.4, -0.2) is 48.3 Å². The number of likely N-dealkylation sites (tertiary alicyclic amines) is 1. The van der Waals surface area contributed by atoms with E-state index in [1.807, 2.05) is 7.05 Å². The predicted molar refractivity (Wildman–Crippen MR) is 79.1 cm³/mol. The molecule has 0 bridgehead atoms. The molecule has 0 aromatic carbocycles. The molecule has 22 heavy (non-hydrogen) atoms. The van der Waals surface area contributed by atoms with Crippen LogP contribution in [0.1, 0.15) is 69.0 Å². The number of piperidine rings is 1. The fourth-order valence-corrected chi connectivity index (χ4v) is 2.95. The molecule has 0 aliphatic carbocycles. The van der Waals surface area contributed by atoms with Gasteiger partial charge in [0.1, 0.15) is 0 Å². The Morgan fingerprint density at radius 3 is 2.45 bits per heavy atom. The molecule has 2 aromatic heterocycles. The minimum Gasteiger partial charge on any atom is -0.339 e. The maximum Gasteiger partial charge on any atom is 0.229 e. The molecule has 0 spiro atoms. The second kappa shape index (κ2) is 6.12. The average molecular weight is 305 g/mol. The van der Waals surface area contributed by atoms with Crippen LogP contribution in [0.25, 0.3) is 0 Å². The van der Waals surface area contributed by atoms with E-state index in [-0.39, 0.29) is 12.0 Å². The Morgan fingerprint density at radius 2 is 1.91 bits per heavy atom. The first kappa shape index (κ1) is 15.1. The number of tetrazole rings is 1. The largest absolute Gasteiger partial charge is 0.339 e. The van der Waals surface area contributed by atoms with Crippen LogP contribution in [0, 0.1) is 0 Å². The molecule has 1 aliphatic heterocycles. The fraction of sp³-hybridized carbons (Fsp3) is 0.786. The highest BCUT2D eigenvalue weighted by Crippen LogP contribution is 2.30. The van der Waals surface area contributed by atoms with E-state index in [0.717, 1.165) is 43.5 Å². The number of nitrogens with zero attached hydrogens (tertiary/aromatic N) is 7. The number of hydrogen-bond donors (Lipinski definition) is 0. The molecule has 0 radical (unpaired) electrons. The van der Waals surface area contributed by atoms with E-state index < -0.39 is 0 Å². The molecule has 1 saturated heterocycles. The van der Waals surface area contributed by atoms with Crippen LogP contribution < -0.4 is 0 Å². The highest BCUT2D eigenvalue weighted by molar-refractivity contribution is 5.01. The Labute approximate surface area is 129 Å². The summed E-state index contributed by atoms with van der Waals surface area (Å²) < 4.78 is 7.06. The molecular weight excluding hydrogens is 282 g/mol. The van der Waals surface area contributed by atoms with Crippen LogP contribution in [0.2, 0.25) is 0 Å². The standard InChI is InChI=1S/C14H23N7O/c1-9(2)14-15-12(17-22-14)11-5-7-21(8-6-11)10(3)13-16-18-19-20(13)4/h9-11H,5-8H2,1-4H3. The van der Waals surface area contributed by atoms with Gasteiger partial charge in [-0.2, -0.15) is 4.98 Å². The second-order valence-electron chi connectivity index (χ2n) is 6.29. The van der Waals surface area contributed by atoms with Crippen molar-refractivity contribution in [3.63, 3.8) is 0 Å². The zero-order valence-corrected chi connectivity index (χ0v) is 13.6. The molecule has 120 valence electrons. The highest BCUT2D eigenvalue weighted by atomic mass is 16.5. The van der Waals surface area contributed by atoms with Gasteiger partial charge in [0.2, 0.25) is 5.89 Å². The van der Waals surface area contributed by atoms with E-state index in [1.54, 1.807) is 4.68 Å². The van der Waals surface area contributed by atoms with E-state index in [9.17, 15) is 0 Å². The first-order valence-corrected chi connectivity index (χ1v) is 7.86. The average Bonchev–Trinajstić information content (AvgIpc) is 3.15. The summed E-state index contributed by atoms with van der Waals surface area (Å²) in [6.07, 6.45) is 2.07. The van der Waals surface area contributed by atoms with E-state index in [0.29, 0.717) is 5.92 Å². The van der Waals surface area contributed by atoms with Crippen molar-refractivity contribution in [2.75, 3.05) is 13.1 Å². The summed E-state index contributed by atoms with van der Waals surface area (Å²) in [6, 6.07) is 0.220. The number of hydrogen-bond acceptors (Lipinski definition) is 7. The number of aryl methyl sites for hydroxylation is 1. The van der Waals surface area contributed by atoms with Gasteiger partial charge in [-0.15, -0.1) is 5.10 Å². The SMILES string of the molecule is CC(C)c1nc(C2CCN(C(C)c3nnnn3C)CC2)no1. The van der Waals surface area contributed by atoms with E-state index in [4.69, 9.17) is 4.52 Å². The molecule has 1 fully saturated rings. The van der Waals surface area contributed by atoms with Gasteiger partial charge in [0, 0.05) is 18.9 Å². The molecule has 1 unspecified atom stereocenters. The Hall–Kier alpha value is -1.83. The minimum absolute atomic E-state index is 0.220. The molecule has 1 aliphatic rings. The molecule has 8 nitrogen and oxygen atoms in total. The van der Waals surface area contributed by atoms with Crippen LogP contribution in [-0.2, 0) is 7.05 Å². The van der Waals surface area contributed by atoms with Crippen LogP contribution in [0.4, 0.5) is 0 Å². The van der Waals surface area contributed by atoms with Crippen molar-refractivity contribution in [2.45, 2.75) is 51.5 Å². The summed E-state index contributed by atoms with van der Waals surface area (Å²) in [5.74, 6) is 3.16. The summed E-state index contributed by atoms with van der Waals surface area (Å²) >= 11 is 0. The smallest absolute Gasteiger partial charge is 0.229 e. The molecule has 3 heterocycles. The number of aromatic nitrogens is 6. The van der Waals surface area contributed by atoms with Gasteiger partial charge in [0.25, 0.3) is 0 Å². The van der Waals surface area contributed by atoms with Crippen molar-refractivity contribution in [2.24, 2.45) is 7.05 Å². The fourth-order valence-electron chi connectivity index (χ4n) is 2.95. The monoisotopic (exact) mass is 305 g/mol. The molecule has 1 atom stereocenters. The van der Waals surface area contributed by atoms with Gasteiger partial charge >= 0.3 is 0 Å². The Kier molecular flexibility index (Phi) is 4.19. The van der Waals surface area contributed by atoms with Crippen molar-refractivity contribution in [1.82, 2.24) is 35.2 Å².